The van der Waals surface area contributed by atoms with Crippen LogP contribution in [0.5, 0.6) is 0 Å². The van der Waals surface area contributed by atoms with E-state index in [9.17, 15) is 4.79 Å². The maximum Gasteiger partial charge on any atom is 0.220 e. The lowest BCUT2D eigenvalue weighted by atomic mass is 9.84. The average molecular weight is 282 g/mol. The molecule has 1 rings (SSSR count). The summed E-state index contributed by atoms with van der Waals surface area (Å²) < 4.78 is 0. The van der Waals surface area contributed by atoms with Gasteiger partial charge in [-0.2, -0.15) is 0 Å². The fourth-order valence-corrected chi connectivity index (χ4v) is 3.25. The van der Waals surface area contributed by atoms with E-state index in [0.717, 1.165) is 6.42 Å². The van der Waals surface area contributed by atoms with E-state index in [-0.39, 0.29) is 11.9 Å². The maximum absolute atomic E-state index is 12.0. The van der Waals surface area contributed by atoms with Gasteiger partial charge in [0.25, 0.3) is 0 Å². The van der Waals surface area contributed by atoms with Crippen molar-refractivity contribution in [2.24, 2.45) is 11.7 Å². The lowest BCUT2D eigenvalue weighted by Gasteiger charge is -2.30. The van der Waals surface area contributed by atoms with Gasteiger partial charge < -0.3 is 11.1 Å². The first-order chi connectivity index (χ1) is 9.77. The molecule has 3 heteroatoms. The predicted molar refractivity (Wildman–Crippen MR) is 85.6 cm³/mol. The second-order valence-electron chi connectivity index (χ2n) is 6.33. The number of rotatable bonds is 10. The second-order valence-corrected chi connectivity index (χ2v) is 6.33. The Morgan fingerprint density at radius 1 is 1.10 bits per heavy atom. The van der Waals surface area contributed by atoms with Gasteiger partial charge in [-0.15, -0.1) is 0 Å². The van der Waals surface area contributed by atoms with Crippen LogP contribution in [0.15, 0.2) is 0 Å². The topological polar surface area (TPSA) is 55.1 Å². The molecule has 1 amide bonds. The van der Waals surface area contributed by atoms with Crippen LogP contribution in [0.3, 0.4) is 0 Å². The van der Waals surface area contributed by atoms with Crippen molar-refractivity contribution in [1.82, 2.24) is 5.32 Å². The highest BCUT2D eigenvalue weighted by Crippen LogP contribution is 2.26. The van der Waals surface area contributed by atoms with Gasteiger partial charge >= 0.3 is 0 Å². The average Bonchev–Trinajstić information content (AvgIpc) is 2.49. The molecular formula is C17H34N2O. The fourth-order valence-electron chi connectivity index (χ4n) is 3.25. The van der Waals surface area contributed by atoms with Crippen molar-refractivity contribution >= 4 is 5.91 Å². The van der Waals surface area contributed by atoms with Crippen LogP contribution < -0.4 is 11.1 Å². The van der Waals surface area contributed by atoms with Gasteiger partial charge in [-0.3, -0.25) is 4.79 Å². The van der Waals surface area contributed by atoms with E-state index in [1.54, 1.807) is 0 Å². The van der Waals surface area contributed by atoms with Crippen LogP contribution in [0.25, 0.3) is 0 Å². The Labute approximate surface area is 125 Å². The molecule has 0 heterocycles. The minimum Gasteiger partial charge on any atom is -0.352 e. The summed E-state index contributed by atoms with van der Waals surface area (Å²) in [5, 5.41) is 3.17. The molecular weight excluding hydrogens is 248 g/mol. The van der Waals surface area contributed by atoms with Crippen molar-refractivity contribution < 1.29 is 4.79 Å². The van der Waals surface area contributed by atoms with Gasteiger partial charge in [0.05, 0.1) is 0 Å². The summed E-state index contributed by atoms with van der Waals surface area (Å²) in [5.41, 5.74) is 5.85. The number of amides is 1. The second kappa shape index (κ2) is 11.1. The molecule has 0 bridgehead atoms. The molecule has 0 aromatic carbocycles. The van der Waals surface area contributed by atoms with Gasteiger partial charge in [0.15, 0.2) is 0 Å². The number of unbranched alkanes of at least 4 members (excludes halogenated alkanes) is 5. The SMILES string of the molecule is CCCCCCCCC(=O)NC(CN)C1CCCCC1. The van der Waals surface area contributed by atoms with E-state index >= 15 is 0 Å². The van der Waals surface area contributed by atoms with E-state index in [0.29, 0.717) is 18.9 Å². The predicted octanol–water partition coefficient (Wildman–Crippen LogP) is 3.76. The molecule has 1 fully saturated rings. The van der Waals surface area contributed by atoms with Gasteiger partial charge in [-0.05, 0) is 25.2 Å². The molecule has 1 aliphatic carbocycles. The molecule has 0 aromatic rings. The standard InChI is InChI=1S/C17H34N2O/c1-2-3-4-5-6-10-13-17(20)19-16(14-18)15-11-8-7-9-12-15/h15-16H,2-14,18H2,1H3,(H,19,20). The van der Waals surface area contributed by atoms with E-state index in [2.05, 4.69) is 12.2 Å². The Morgan fingerprint density at radius 3 is 2.40 bits per heavy atom. The van der Waals surface area contributed by atoms with E-state index in [1.807, 2.05) is 0 Å². The Morgan fingerprint density at radius 2 is 1.75 bits per heavy atom. The first kappa shape index (κ1) is 17.5. The van der Waals surface area contributed by atoms with Crippen molar-refractivity contribution in [3.05, 3.63) is 0 Å². The zero-order valence-corrected chi connectivity index (χ0v) is 13.3. The van der Waals surface area contributed by atoms with Crippen molar-refractivity contribution in [3.63, 3.8) is 0 Å². The molecule has 0 spiro atoms. The first-order valence-corrected chi connectivity index (χ1v) is 8.77. The zero-order chi connectivity index (χ0) is 14.6. The summed E-state index contributed by atoms with van der Waals surface area (Å²) in [7, 11) is 0. The summed E-state index contributed by atoms with van der Waals surface area (Å²) in [6.07, 6.45) is 14.5. The minimum absolute atomic E-state index is 0.210. The van der Waals surface area contributed by atoms with Gasteiger partial charge in [0.2, 0.25) is 5.91 Å². The Hall–Kier alpha value is -0.570. The Kier molecular flexibility index (Phi) is 9.73. The van der Waals surface area contributed by atoms with Crippen molar-refractivity contribution in [2.75, 3.05) is 6.54 Å². The minimum atomic E-state index is 0.210. The molecule has 1 aliphatic rings. The highest BCUT2D eigenvalue weighted by atomic mass is 16.1. The highest BCUT2D eigenvalue weighted by Gasteiger charge is 2.23. The van der Waals surface area contributed by atoms with Crippen LogP contribution in [-0.2, 0) is 4.79 Å². The molecule has 3 N–H and O–H groups in total. The third-order valence-electron chi connectivity index (χ3n) is 4.58. The fraction of sp³-hybridized carbons (Fsp3) is 0.941. The number of nitrogens with two attached hydrogens (primary N) is 1. The molecule has 0 aromatic heterocycles. The van der Waals surface area contributed by atoms with Crippen LogP contribution >= 0.6 is 0 Å². The third kappa shape index (κ3) is 7.28. The molecule has 0 aliphatic heterocycles. The van der Waals surface area contributed by atoms with E-state index < -0.39 is 0 Å². The summed E-state index contributed by atoms with van der Waals surface area (Å²) in [5.74, 6) is 0.823. The number of hydrogen-bond acceptors (Lipinski definition) is 2. The number of nitrogens with one attached hydrogen (secondary N) is 1. The Bertz CT molecular complexity index is 249. The van der Waals surface area contributed by atoms with Crippen LogP contribution in [0.2, 0.25) is 0 Å². The molecule has 1 saturated carbocycles. The number of hydrogen-bond donors (Lipinski definition) is 2. The monoisotopic (exact) mass is 282 g/mol. The highest BCUT2D eigenvalue weighted by molar-refractivity contribution is 5.76. The summed E-state index contributed by atoms with van der Waals surface area (Å²) in [6.45, 7) is 2.82. The van der Waals surface area contributed by atoms with Crippen LogP contribution in [0, 0.1) is 5.92 Å². The third-order valence-corrected chi connectivity index (χ3v) is 4.58. The van der Waals surface area contributed by atoms with E-state index in [1.165, 1.54) is 64.2 Å². The molecule has 1 unspecified atom stereocenters. The quantitative estimate of drug-likeness (QED) is 0.599. The van der Waals surface area contributed by atoms with Crippen LogP contribution in [-0.4, -0.2) is 18.5 Å². The largest absolute Gasteiger partial charge is 0.352 e. The molecule has 1 atom stereocenters. The van der Waals surface area contributed by atoms with Crippen LogP contribution in [0.4, 0.5) is 0 Å². The molecule has 0 radical (unpaired) electrons. The van der Waals surface area contributed by atoms with Gasteiger partial charge in [0, 0.05) is 19.0 Å². The first-order valence-electron chi connectivity index (χ1n) is 8.77. The maximum atomic E-state index is 12.0. The molecule has 3 nitrogen and oxygen atoms in total. The molecule has 118 valence electrons. The summed E-state index contributed by atoms with van der Waals surface area (Å²) in [4.78, 5) is 12.0. The summed E-state index contributed by atoms with van der Waals surface area (Å²) >= 11 is 0. The Balaban J connectivity index is 2.12. The normalized spacial score (nSPS) is 17.9. The van der Waals surface area contributed by atoms with Crippen molar-refractivity contribution in [2.45, 2.75) is 90.0 Å². The van der Waals surface area contributed by atoms with Crippen molar-refractivity contribution in [1.29, 1.82) is 0 Å². The smallest absolute Gasteiger partial charge is 0.220 e. The lowest BCUT2D eigenvalue weighted by Crippen LogP contribution is -2.45. The zero-order valence-electron chi connectivity index (χ0n) is 13.3. The lowest BCUT2D eigenvalue weighted by molar-refractivity contribution is -0.122. The van der Waals surface area contributed by atoms with Gasteiger partial charge in [-0.1, -0.05) is 58.3 Å². The molecule has 0 saturated heterocycles. The number of carbonyl (C=O) groups excluding carboxylic acids is 1. The molecule has 20 heavy (non-hydrogen) atoms. The number of carbonyl (C=O) groups is 1. The van der Waals surface area contributed by atoms with Gasteiger partial charge in [-0.25, -0.2) is 0 Å². The summed E-state index contributed by atoms with van der Waals surface area (Å²) in [6, 6.07) is 0.211. The van der Waals surface area contributed by atoms with Gasteiger partial charge in [0.1, 0.15) is 0 Å². The van der Waals surface area contributed by atoms with Crippen molar-refractivity contribution in [3.8, 4) is 0 Å². The van der Waals surface area contributed by atoms with Crippen LogP contribution in [0.1, 0.15) is 84.0 Å². The van der Waals surface area contributed by atoms with E-state index in [4.69, 9.17) is 5.73 Å².